The van der Waals surface area contributed by atoms with Crippen LogP contribution in [0.3, 0.4) is 0 Å². The van der Waals surface area contributed by atoms with Crippen LogP contribution in [0.15, 0.2) is 10.4 Å². The second-order valence-electron chi connectivity index (χ2n) is 1.79. The molecule has 0 aromatic carbocycles. The number of guanidine groups is 1. The van der Waals surface area contributed by atoms with Crippen LogP contribution in [0.4, 0.5) is 5.82 Å². The molecule has 60 valence electrons. The zero-order valence-corrected chi connectivity index (χ0v) is 6.51. The Bertz CT molecular complexity index is 265. The molecule has 5 nitrogen and oxygen atoms in total. The Kier molecular flexibility index (Phi) is 2.40. The van der Waals surface area contributed by atoms with Crippen LogP contribution in [0.25, 0.3) is 0 Å². The molecule has 0 aliphatic heterocycles. The van der Waals surface area contributed by atoms with Crippen molar-refractivity contribution in [2.24, 2.45) is 16.5 Å². The molecule has 0 spiro atoms. The molecule has 0 amide bonds. The highest BCUT2D eigenvalue weighted by molar-refractivity contribution is 7.09. The predicted molar refractivity (Wildman–Crippen MR) is 43.5 cm³/mol. The summed E-state index contributed by atoms with van der Waals surface area (Å²) in [5.41, 5.74) is 10.2. The number of rotatable bonds is 2. The standard InChI is InChI=1S/C5H8N4OS/c6-5(7)9-3-2-11-4(1-10)8-3/h2,10H,1H2,(H4,6,7,9). The molecule has 11 heavy (non-hydrogen) atoms. The van der Waals surface area contributed by atoms with Gasteiger partial charge in [0.25, 0.3) is 0 Å². The fourth-order valence-electron chi connectivity index (χ4n) is 0.557. The fraction of sp³-hybridized carbons (Fsp3) is 0.200. The molecule has 1 heterocycles. The molecule has 6 heteroatoms. The molecule has 0 fully saturated rings. The van der Waals surface area contributed by atoms with Crippen LogP contribution in [-0.4, -0.2) is 16.1 Å². The maximum Gasteiger partial charge on any atom is 0.192 e. The van der Waals surface area contributed by atoms with E-state index in [1.807, 2.05) is 0 Å². The maximum absolute atomic E-state index is 8.62. The Labute approximate surface area is 67.4 Å². The van der Waals surface area contributed by atoms with Crippen molar-refractivity contribution in [3.8, 4) is 0 Å². The monoisotopic (exact) mass is 172 g/mol. The summed E-state index contributed by atoms with van der Waals surface area (Å²) >= 11 is 1.31. The minimum atomic E-state index is -0.0787. The van der Waals surface area contributed by atoms with Gasteiger partial charge in [0.05, 0.1) is 6.61 Å². The SMILES string of the molecule is NC(N)=Nc1csc(CO)n1. The Hall–Kier alpha value is -1.14. The van der Waals surface area contributed by atoms with Gasteiger partial charge in [0, 0.05) is 5.38 Å². The third kappa shape index (κ3) is 2.17. The minimum absolute atomic E-state index is 0.0280. The molecule has 1 aromatic rings. The quantitative estimate of drug-likeness (QED) is 0.415. The first-order chi connectivity index (χ1) is 5.22. The van der Waals surface area contributed by atoms with E-state index in [4.69, 9.17) is 16.6 Å². The van der Waals surface area contributed by atoms with Crippen molar-refractivity contribution < 1.29 is 5.11 Å². The summed E-state index contributed by atoms with van der Waals surface area (Å²) in [4.78, 5) is 7.58. The highest BCUT2D eigenvalue weighted by Crippen LogP contribution is 2.15. The molecule has 0 saturated carbocycles. The van der Waals surface area contributed by atoms with Crippen molar-refractivity contribution in [3.63, 3.8) is 0 Å². The van der Waals surface area contributed by atoms with Crippen LogP contribution < -0.4 is 11.5 Å². The van der Waals surface area contributed by atoms with Crippen LogP contribution in [0.1, 0.15) is 5.01 Å². The Morgan fingerprint density at radius 1 is 1.73 bits per heavy atom. The van der Waals surface area contributed by atoms with Crippen molar-refractivity contribution in [2.45, 2.75) is 6.61 Å². The van der Waals surface area contributed by atoms with Crippen LogP contribution in [0.2, 0.25) is 0 Å². The topological polar surface area (TPSA) is 97.5 Å². The highest BCUT2D eigenvalue weighted by atomic mass is 32.1. The minimum Gasteiger partial charge on any atom is -0.389 e. The lowest BCUT2D eigenvalue weighted by Gasteiger charge is -1.86. The summed E-state index contributed by atoms with van der Waals surface area (Å²) in [6, 6.07) is 0. The molecule has 1 rings (SSSR count). The number of aliphatic imine (C=N–C) groups is 1. The molecule has 0 bridgehead atoms. The van der Waals surface area contributed by atoms with Gasteiger partial charge in [-0.2, -0.15) is 4.99 Å². The van der Waals surface area contributed by atoms with Gasteiger partial charge in [-0.1, -0.05) is 0 Å². The lowest BCUT2D eigenvalue weighted by molar-refractivity contribution is 0.281. The Balaban J connectivity index is 2.81. The highest BCUT2D eigenvalue weighted by Gasteiger charge is 1.97. The maximum atomic E-state index is 8.62. The number of nitrogens with zero attached hydrogens (tertiary/aromatic N) is 2. The number of aliphatic hydroxyl groups excluding tert-OH is 1. The van der Waals surface area contributed by atoms with E-state index in [9.17, 15) is 0 Å². The number of aliphatic hydroxyl groups is 1. The molecule has 0 unspecified atom stereocenters. The third-order valence-electron chi connectivity index (χ3n) is 0.919. The van der Waals surface area contributed by atoms with Gasteiger partial charge >= 0.3 is 0 Å². The zero-order chi connectivity index (χ0) is 8.27. The smallest absolute Gasteiger partial charge is 0.192 e. The Morgan fingerprint density at radius 2 is 2.45 bits per heavy atom. The molecule has 5 N–H and O–H groups in total. The van der Waals surface area contributed by atoms with E-state index in [1.165, 1.54) is 11.3 Å². The average molecular weight is 172 g/mol. The molecule has 0 aliphatic rings. The van der Waals surface area contributed by atoms with Crippen molar-refractivity contribution in [3.05, 3.63) is 10.4 Å². The van der Waals surface area contributed by atoms with E-state index < -0.39 is 0 Å². The van der Waals surface area contributed by atoms with Gasteiger partial charge in [-0.25, -0.2) is 4.98 Å². The van der Waals surface area contributed by atoms with E-state index in [2.05, 4.69) is 9.98 Å². The van der Waals surface area contributed by atoms with E-state index in [0.29, 0.717) is 10.8 Å². The lowest BCUT2D eigenvalue weighted by Crippen LogP contribution is -2.21. The van der Waals surface area contributed by atoms with Crippen molar-refractivity contribution >= 4 is 23.1 Å². The molecule has 1 aromatic heterocycles. The van der Waals surface area contributed by atoms with Gasteiger partial charge in [-0.3, -0.25) is 0 Å². The molecule has 0 aliphatic carbocycles. The molecule has 0 saturated heterocycles. The largest absolute Gasteiger partial charge is 0.389 e. The van der Waals surface area contributed by atoms with Crippen molar-refractivity contribution in [1.82, 2.24) is 4.98 Å². The van der Waals surface area contributed by atoms with Gasteiger partial charge in [-0.15, -0.1) is 11.3 Å². The summed E-state index contributed by atoms with van der Waals surface area (Å²) in [6.07, 6.45) is 0. The number of hydrogen-bond acceptors (Lipinski definition) is 4. The van der Waals surface area contributed by atoms with Gasteiger partial charge in [0.15, 0.2) is 11.8 Å². The third-order valence-corrected chi connectivity index (χ3v) is 1.74. The van der Waals surface area contributed by atoms with Crippen molar-refractivity contribution in [2.75, 3.05) is 0 Å². The molecule has 0 radical (unpaired) electrons. The van der Waals surface area contributed by atoms with E-state index in [-0.39, 0.29) is 12.6 Å². The normalized spacial score (nSPS) is 9.55. The number of nitrogens with two attached hydrogens (primary N) is 2. The predicted octanol–water partition coefficient (Wildman–Crippen LogP) is -0.460. The average Bonchev–Trinajstić information content (AvgIpc) is 2.34. The van der Waals surface area contributed by atoms with E-state index >= 15 is 0 Å². The number of aromatic nitrogens is 1. The van der Waals surface area contributed by atoms with E-state index in [0.717, 1.165) is 0 Å². The summed E-state index contributed by atoms with van der Waals surface area (Å²) in [6.45, 7) is -0.0787. The van der Waals surface area contributed by atoms with Crippen LogP contribution in [0.5, 0.6) is 0 Å². The van der Waals surface area contributed by atoms with Crippen molar-refractivity contribution in [1.29, 1.82) is 0 Å². The van der Waals surface area contributed by atoms with Crippen LogP contribution in [-0.2, 0) is 6.61 Å². The number of thiazole rings is 1. The van der Waals surface area contributed by atoms with Gasteiger partial charge < -0.3 is 16.6 Å². The fourth-order valence-corrected chi connectivity index (χ4v) is 1.13. The molecular weight excluding hydrogens is 164 g/mol. The van der Waals surface area contributed by atoms with Crippen LogP contribution in [0, 0.1) is 0 Å². The second-order valence-corrected chi connectivity index (χ2v) is 2.74. The summed E-state index contributed by atoms with van der Waals surface area (Å²) in [5, 5.41) is 10.9. The van der Waals surface area contributed by atoms with Gasteiger partial charge in [0.2, 0.25) is 0 Å². The first-order valence-electron chi connectivity index (χ1n) is 2.87. The second kappa shape index (κ2) is 3.31. The first-order valence-corrected chi connectivity index (χ1v) is 3.75. The van der Waals surface area contributed by atoms with Gasteiger partial charge in [-0.05, 0) is 0 Å². The van der Waals surface area contributed by atoms with Crippen LogP contribution >= 0.6 is 11.3 Å². The summed E-state index contributed by atoms with van der Waals surface area (Å²) < 4.78 is 0. The first kappa shape index (κ1) is 7.96. The van der Waals surface area contributed by atoms with Gasteiger partial charge in [0.1, 0.15) is 5.01 Å². The lowest BCUT2D eigenvalue weighted by atomic mass is 10.7. The van der Waals surface area contributed by atoms with E-state index in [1.54, 1.807) is 5.38 Å². The Morgan fingerprint density at radius 3 is 2.91 bits per heavy atom. The zero-order valence-electron chi connectivity index (χ0n) is 5.69. The summed E-state index contributed by atoms with van der Waals surface area (Å²) in [5.74, 6) is 0.416. The molecular formula is C5H8N4OS. The number of hydrogen-bond donors (Lipinski definition) is 3. The summed E-state index contributed by atoms with van der Waals surface area (Å²) in [7, 11) is 0. The molecule has 0 atom stereocenters.